The Morgan fingerprint density at radius 2 is 2.07 bits per heavy atom. The highest BCUT2D eigenvalue weighted by molar-refractivity contribution is 5.88. The van der Waals surface area contributed by atoms with Crippen molar-refractivity contribution in [3.05, 3.63) is 19.1 Å². The summed E-state index contributed by atoms with van der Waals surface area (Å²) in [5.74, 6) is -6.79. The first-order chi connectivity index (χ1) is 6.73. The fourth-order valence-corrected chi connectivity index (χ4v) is 0.703. The van der Waals surface area contributed by atoms with Gasteiger partial charge >= 0.3 is 11.9 Å². The number of alkyl halides is 2. The van der Waals surface area contributed by atoms with Gasteiger partial charge in [0.15, 0.2) is 0 Å². The van der Waals surface area contributed by atoms with E-state index in [4.69, 9.17) is 0 Å². The standard InChI is InChI=1S/C9H11F2NO3/c1-4-6(9(10,11)8(12)14)15-7(13)5(2)3/h6H,1-2,4H2,3H3,(H-,12,14)/p+1. The molecule has 0 aliphatic rings. The second kappa shape index (κ2) is 4.77. The van der Waals surface area contributed by atoms with Gasteiger partial charge in [0.05, 0.1) is 6.92 Å². The Kier molecular flexibility index (Phi) is 4.26. The summed E-state index contributed by atoms with van der Waals surface area (Å²) >= 11 is 0. The van der Waals surface area contributed by atoms with Crippen molar-refractivity contribution in [3.63, 3.8) is 0 Å². The lowest BCUT2D eigenvalue weighted by Crippen LogP contribution is -2.47. The van der Waals surface area contributed by atoms with Crippen LogP contribution in [0.15, 0.2) is 12.2 Å². The summed E-state index contributed by atoms with van der Waals surface area (Å²) in [7, 11) is 0. The summed E-state index contributed by atoms with van der Waals surface area (Å²) in [4.78, 5) is 21.3. The Morgan fingerprint density at radius 3 is 2.33 bits per heavy atom. The summed E-state index contributed by atoms with van der Waals surface area (Å²) in [5.41, 5.74) is 4.42. The van der Waals surface area contributed by atoms with Crippen LogP contribution in [0.25, 0.3) is 0 Å². The topological polar surface area (TPSA) is 69.4 Å². The fourth-order valence-electron chi connectivity index (χ4n) is 0.703. The Labute approximate surface area is 86.1 Å². The molecule has 0 spiro atoms. The first-order valence-corrected chi connectivity index (χ1v) is 4.07. The predicted molar refractivity (Wildman–Crippen MR) is 48.8 cm³/mol. The molecule has 0 aromatic carbocycles. The zero-order valence-corrected chi connectivity index (χ0v) is 8.26. The predicted octanol–water partition coefficient (Wildman–Crippen LogP) is 0.819. The second-order valence-electron chi connectivity index (χ2n) is 2.95. The van der Waals surface area contributed by atoms with Gasteiger partial charge in [0.1, 0.15) is 6.42 Å². The maximum Gasteiger partial charge on any atom is 0.364 e. The zero-order chi connectivity index (χ0) is 12.2. The van der Waals surface area contributed by atoms with Crippen molar-refractivity contribution in [1.29, 1.82) is 0 Å². The molecule has 0 saturated heterocycles. The first kappa shape index (κ1) is 13.4. The van der Waals surface area contributed by atoms with Crippen LogP contribution < -0.4 is 5.73 Å². The molecule has 2 N–H and O–H groups in total. The highest BCUT2D eigenvalue weighted by Crippen LogP contribution is 2.24. The van der Waals surface area contributed by atoms with Crippen molar-refractivity contribution in [2.45, 2.75) is 25.4 Å². The third kappa shape index (κ3) is 3.23. The van der Waals surface area contributed by atoms with Crippen molar-refractivity contribution in [2.75, 3.05) is 0 Å². The van der Waals surface area contributed by atoms with Crippen LogP contribution in [0.2, 0.25) is 0 Å². The molecule has 0 heterocycles. The molecule has 0 aromatic heterocycles. The maximum atomic E-state index is 13.0. The highest BCUT2D eigenvalue weighted by atomic mass is 19.3. The van der Waals surface area contributed by atoms with Crippen molar-refractivity contribution < 1.29 is 23.1 Å². The number of nitrogens with two attached hydrogens (primary N) is 1. The van der Waals surface area contributed by atoms with Crippen LogP contribution in [0.3, 0.4) is 0 Å². The number of hydrogen-bond acceptors (Lipinski definition) is 3. The van der Waals surface area contributed by atoms with Crippen LogP contribution in [-0.4, -0.2) is 23.9 Å². The summed E-state index contributed by atoms with van der Waals surface area (Å²) < 4.78 is 30.4. The van der Waals surface area contributed by atoms with Gasteiger partial charge in [-0.15, -0.1) is 0 Å². The van der Waals surface area contributed by atoms with Crippen molar-refractivity contribution in [2.24, 2.45) is 5.73 Å². The fraction of sp³-hybridized carbons (Fsp3) is 0.444. The van der Waals surface area contributed by atoms with E-state index in [0.29, 0.717) is 0 Å². The van der Waals surface area contributed by atoms with Crippen LogP contribution in [0.4, 0.5) is 8.78 Å². The van der Waals surface area contributed by atoms with Crippen molar-refractivity contribution in [3.8, 4) is 0 Å². The average molecular weight is 220 g/mol. The van der Waals surface area contributed by atoms with E-state index in [0.717, 1.165) is 0 Å². The van der Waals surface area contributed by atoms with Gasteiger partial charge in [0.25, 0.3) is 5.91 Å². The van der Waals surface area contributed by atoms with Gasteiger partial charge in [0.2, 0.25) is 6.10 Å². The van der Waals surface area contributed by atoms with Crippen molar-refractivity contribution >= 4 is 11.9 Å². The van der Waals surface area contributed by atoms with E-state index in [-0.39, 0.29) is 5.57 Å². The number of amides is 1. The Bertz CT molecular complexity index is 289. The number of rotatable bonds is 5. The molecule has 0 fully saturated rings. The molecule has 6 heteroatoms. The SMILES string of the molecule is C=C(C)C(=O)OC(C[CH2+])C(F)(F)C(N)=O. The quantitative estimate of drug-likeness (QED) is 0.423. The van der Waals surface area contributed by atoms with Gasteiger partial charge in [-0.1, -0.05) is 6.58 Å². The van der Waals surface area contributed by atoms with E-state index in [2.05, 4.69) is 24.0 Å². The molecule has 0 radical (unpaired) electrons. The number of ether oxygens (including phenoxy) is 1. The van der Waals surface area contributed by atoms with Gasteiger partial charge < -0.3 is 10.5 Å². The van der Waals surface area contributed by atoms with E-state index >= 15 is 0 Å². The molecule has 4 nitrogen and oxygen atoms in total. The smallest absolute Gasteiger partial charge is 0.364 e. The Morgan fingerprint density at radius 1 is 1.60 bits per heavy atom. The molecule has 84 valence electrons. The number of primary amides is 1. The van der Waals surface area contributed by atoms with Crippen LogP contribution in [-0.2, 0) is 14.3 Å². The summed E-state index contributed by atoms with van der Waals surface area (Å²) in [6.45, 7) is 7.66. The average Bonchev–Trinajstić information content (AvgIpc) is 2.12. The normalized spacial score (nSPS) is 13.0. The zero-order valence-electron chi connectivity index (χ0n) is 8.26. The number of hydrogen-bond donors (Lipinski definition) is 1. The first-order valence-electron chi connectivity index (χ1n) is 4.07. The van der Waals surface area contributed by atoms with Gasteiger partial charge in [-0.3, -0.25) is 4.79 Å². The van der Waals surface area contributed by atoms with E-state index < -0.39 is 30.3 Å². The summed E-state index contributed by atoms with van der Waals surface area (Å²) in [5, 5.41) is 0. The molecule has 0 aliphatic heterocycles. The number of esters is 1. The molecule has 0 saturated carbocycles. The molecule has 0 rings (SSSR count). The van der Waals surface area contributed by atoms with Gasteiger partial charge in [0, 0.05) is 5.57 Å². The van der Waals surface area contributed by atoms with Crippen LogP contribution in [0.1, 0.15) is 13.3 Å². The number of carbonyl (C=O) groups is 2. The lowest BCUT2D eigenvalue weighted by atomic mass is 10.1. The largest absolute Gasteiger partial charge is 0.447 e. The molecule has 0 bridgehead atoms. The van der Waals surface area contributed by atoms with E-state index in [1.807, 2.05) is 0 Å². The summed E-state index contributed by atoms with van der Waals surface area (Å²) in [6.07, 6.45) is -2.42. The minimum atomic E-state index is -3.92. The third-order valence-corrected chi connectivity index (χ3v) is 1.59. The van der Waals surface area contributed by atoms with Crippen LogP contribution >= 0.6 is 0 Å². The van der Waals surface area contributed by atoms with Gasteiger partial charge in [-0.25, -0.2) is 4.79 Å². The van der Waals surface area contributed by atoms with Crippen LogP contribution in [0, 0.1) is 6.92 Å². The second-order valence-corrected chi connectivity index (χ2v) is 2.95. The molecule has 1 amide bonds. The summed E-state index contributed by atoms with van der Waals surface area (Å²) in [6, 6.07) is 0. The third-order valence-electron chi connectivity index (χ3n) is 1.59. The number of halogens is 2. The molecule has 1 unspecified atom stereocenters. The van der Waals surface area contributed by atoms with Gasteiger partial charge in [-0.2, -0.15) is 8.78 Å². The Hall–Kier alpha value is -1.59. The van der Waals surface area contributed by atoms with E-state index in [1.165, 1.54) is 6.92 Å². The highest BCUT2D eigenvalue weighted by Gasteiger charge is 2.49. The monoisotopic (exact) mass is 220 g/mol. The van der Waals surface area contributed by atoms with E-state index in [9.17, 15) is 18.4 Å². The molecule has 15 heavy (non-hydrogen) atoms. The minimum absolute atomic E-state index is 0.0475. The lowest BCUT2D eigenvalue weighted by molar-refractivity contribution is -0.176. The lowest BCUT2D eigenvalue weighted by Gasteiger charge is -2.20. The maximum absolute atomic E-state index is 13.0. The van der Waals surface area contributed by atoms with Crippen LogP contribution in [0.5, 0.6) is 0 Å². The van der Waals surface area contributed by atoms with Crippen molar-refractivity contribution in [1.82, 2.24) is 0 Å². The Balaban J connectivity index is 4.71. The molecule has 0 aromatic rings. The van der Waals surface area contributed by atoms with E-state index in [1.54, 1.807) is 0 Å². The number of carbonyl (C=O) groups excluding carboxylic acids is 2. The molecular weight excluding hydrogens is 208 g/mol. The molecule has 0 aliphatic carbocycles. The molecule has 1 atom stereocenters. The minimum Gasteiger partial charge on any atom is -0.447 e. The van der Waals surface area contributed by atoms with Gasteiger partial charge in [-0.05, 0) is 6.92 Å². The molecular formula is C9H12F2NO3+.